The van der Waals surface area contributed by atoms with E-state index in [0.717, 1.165) is 32.4 Å². The molecule has 2 saturated carbocycles. The van der Waals surface area contributed by atoms with Gasteiger partial charge in [-0.2, -0.15) is 0 Å². The van der Waals surface area contributed by atoms with Crippen LogP contribution in [0.15, 0.2) is 0 Å². The van der Waals surface area contributed by atoms with Crippen LogP contribution in [0.4, 0.5) is 0 Å². The average Bonchev–Trinajstić information content (AvgIpc) is 2.84. The zero-order valence-corrected chi connectivity index (χ0v) is 9.18. The topological polar surface area (TPSA) is 43.7 Å². The summed E-state index contributed by atoms with van der Waals surface area (Å²) >= 11 is 0. The molecule has 0 amide bonds. The fourth-order valence-corrected chi connectivity index (χ4v) is 3.89. The van der Waals surface area contributed by atoms with Crippen molar-refractivity contribution in [2.75, 3.05) is 13.1 Å². The first kappa shape index (κ1) is 10.1. The predicted octanol–water partition coefficient (Wildman–Crippen LogP) is 0.603. The maximum Gasteiger partial charge on any atom is 0.0695 e. The minimum atomic E-state index is -0.110. The first-order valence-corrected chi connectivity index (χ1v) is 6.36. The highest BCUT2D eigenvalue weighted by Crippen LogP contribution is 2.40. The van der Waals surface area contributed by atoms with Crippen LogP contribution in [0.2, 0.25) is 0 Å². The fourth-order valence-electron chi connectivity index (χ4n) is 3.89. The van der Waals surface area contributed by atoms with Gasteiger partial charge < -0.3 is 10.2 Å². The second kappa shape index (κ2) is 3.72. The van der Waals surface area contributed by atoms with E-state index < -0.39 is 0 Å². The molecule has 1 heterocycles. The molecule has 1 aliphatic heterocycles. The van der Waals surface area contributed by atoms with Crippen molar-refractivity contribution in [3.8, 4) is 0 Å². The maximum atomic E-state index is 9.87. The highest BCUT2D eigenvalue weighted by Gasteiger charge is 2.45. The summed E-state index contributed by atoms with van der Waals surface area (Å²) in [4.78, 5) is 2.44. The number of hydrogen-bond donors (Lipinski definition) is 2. The van der Waals surface area contributed by atoms with E-state index in [1.807, 2.05) is 0 Å². The molecule has 15 heavy (non-hydrogen) atoms. The summed E-state index contributed by atoms with van der Waals surface area (Å²) in [5.41, 5.74) is 0. The number of aliphatic hydroxyl groups excluding tert-OH is 2. The summed E-state index contributed by atoms with van der Waals surface area (Å²) in [6, 6.07) is 0.391. The lowest BCUT2D eigenvalue weighted by atomic mass is 10.00. The second-order valence-corrected chi connectivity index (χ2v) is 5.59. The van der Waals surface area contributed by atoms with Crippen molar-refractivity contribution in [2.24, 2.45) is 11.8 Å². The van der Waals surface area contributed by atoms with E-state index in [9.17, 15) is 10.2 Å². The Labute approximate surface area is 91.1 Å². The molecule has 2 N–H and O–H groups in total. The molecular weight excluding hydrogens is 190 g/mol. The lowest BCUT2D eigenvalue weighted by Gasteiger charge is -2.27. The number of nitrogens with zero attached hydrogens (tertiary/aromatic N) is 1. The lowest BCUT2D eigenvalue weighted by Crippen LogP contribution is -2.39. The van der Waals surface area contributed by atoms with Gasteiger partial charge in [0.05, 0.1) is 12.2 Å². The molecular formula is C12H21NO2. The van der Waals surface area contributed by atoms with Gasteiger partial charge in [-0.05, 0) is 38.0 Å². The van der Waals surface area contributed by atoms with E-state index in [0.29, 0.717) is 17.9 Å². The third-order valence-electron chi connectivity index (χ3n) is 4.76. The van der Waals surface area contributed by atoms with Crippen molar-refractivity contribution >= 4 is 0 Å². The van der Waals surface area contributed by atoms with Crippen molar-refractivity contribution in [3.05, 3.63) is 0 Å². The summed E-state index contributed by atoms with van der Waals surface area (Å²) in [6.45, 7) is 2.14. The fraction of sp³-hybridized carbons (Fsp3) is 1.00. The predicted molar refractivity (Wildman–Crippen MR) is 57.4 cm³/mol. The molecule has 3 nitrogen and oxygen atoms in total. The second-order valence-electron chi connectivity index (χ2n) is 5.59. The molecule has 0 spiro atoms. The Morgan fingerprint density at radius 3 is 2.40 bits per heavy atom. The van der Waals surface area contributed by atoms with Crippen molar-refractivity contribution in [2.45, 2.75) is 50.4 Å². The van der Waals surface area contributed by atoms with Gasteiger partial charge in [0.1, 0.15) is 0 Å². The molecule has 5 atom stereocenters. The largest absolute Gasteiger partial charge is 0.393 e. The van der Waals surface area contributed by atoms with Crippen molar-refractivity contribution in [1.29, 1.82) is 0 Å². The van der Waals surface area contributed by atoms with Crippen LogP contribution >= 0.6 is 0 Å². The van der Waals surface area contributed by atoms with E-state index in [2.05, 4.69) is 4.90 Å². The van der Waals surface area contributed by atoms with Gasteiger partial charge >= 0.3 is 0 Å². The Bertz CT molecular complexity index is 246. The Hall–Kier alpha value is -0.120. The van der Waals surface area contributed by atoms with Gasteiger partial charge in [-0.1, -0.05) is 0 Å². The van der Waals surface area contributed by atoms with Crippen molar-refractivity contribution < 1.29 is 10.2 Å². The molecule has 1 saturated heterocycles. The standard InChI is InChI=1S/C12H21NO2/c14-11-5-4-8-6-13(7-9(8)11)10-2-1-3-12(10)15/h8-12,14-15H,1-7H2/t8?,9?,10-,11?,12-/m0/s1. The quantitative estimate of drug-likeness (QED) is 0.667. The zero-order chi connectivity index (χ0) is 10.4. The number of aliphatic hydroxyl groups is 2. The first-order chi connectivity index (χ1) is 7.25. The van der Waals surface area contributed by atoms with Gasteiger partial charge in [-0.3, -0.25) is 4.90 Å². The monoisotopic (exact) mass is 211 g/mol. The van der Waals surface area contributed by atoms with Gasteiger partial charge in [0.2, 0.25) is 0 Å². The highest BCUT2D eigenvalue weighted by atomic mass is 16.3. The molecule has 0 aromatic carbocycles. The van der Waals surface area contributed by atoms with Crippen LogP contribution in [0, 0.1) is 11.8 Å². The van der Waals surface area contributed by atoms with Gasteiger partial charge in [-0.25, -0.2) is 0 Å². The summed E-state index contributed by atoms with van der Waals surface area (Å²) in [7, 11) is 0. The number of rotatable bonds is 1. The van der Waals surface area contributed by atoms with Gasteiger partial charge in [0, 0.05) is 25.0 Å². The zero-order valence-electron chi connectivity index (χ0n) is 9.18. The minimum Gasteiger partial charge on any atom is -0.393 e. The summed E-state index contributed by atoms with van der Waals surface area (Å²) < 4.78 is 0. The lowest BCUT2D eigenvalue weighted by molar-refractivity contribution is 0.0695. The Morgan fingerprint density at radius 2 is 1.73 bits per heavy atom. The molecule has 3 unspecified atom stereocenters. The molecule has 0 aromatic heterocycles. The van der Waals surface area contributed by atoms with E-state index in [-0.39, 0.29) is 12.2 Å². The van der Waals surface area contributed by atoms with Gasteiger partial charge in [-0.15, -0.1) is 0 Å². The van der Waals surface area contributed by atoms with Gasteiger partial charge in [0.25, 0.3) is 0 Å². The smallest absolute Gasteiger partial charge is 0.0695 e. The number of hydrogen-bond acceptors (Lipinski definition) is 3. The Kier molecular flexibility index (Phi) is 2.49. The van der Waals surface area contributed by atoms with E-state index in [1.165, 1.54) is 12.8 Å². The summed E-state index contributed by atoms with van der Waals surface area (Å²) in [6.07, 6.45) is 5.29. The van der Waals surface area contributed by atoms with E-state index in [4.69, 9.17) is 0 Å². The highest BCUT2D eigenvalue weighted by molar-refractivity contribution is 4.98. The molecule has 2 aliphatic carbocycles. The Balaban J connectivity index is 1.66. The van der Waals surface area contributed by atoms with E-state index in [1.54, 1.807) is 0 Å². The van der Waals surface area contributed by atoms with Crippen LogP contribution < -0.4 is 0 Å². The molecule has 0 bridgehead atoms. The number of likely N-dealkylation sites (tertiary alicyclic amines) is 1. The summed E-state index contributed by atoms with van der Waals surface area (Å²) in [5, 5.41) is 19.7. The molecule has 86 valence electrons. The van der Waals surface area contributed by atoms with Crippen LogP contribution in [0.25, 0.3) is 0 Å². The maximum absolute atomic E-state index is 9.87. The summed E-state index contributed by atoms with van der Waals surface area (Å²) in [5.74, 6) is 1.20. The molecule has 3 fully saturated rings. The van der Waals surface area contributed by atoms with Crippen LogP contribution in [0.1, 0.15) is 32.1 Å². The van der Waals surface area contributed by atoms with Crippen molar-refractivity contribution in [3.63, 3.8) is 0 Å². The van der Waals surface area contributed by atoms with E-state index >= 15 is 0 Å². The molecule has 3 heteroatoms. The normalized spacial score (nSPS) is 51.2. The number of fused-ring (bicyclic) bond motifs is 1. The van der Waals surface area contributed by atoms with Gasteiger partial charge in [0.15, 0.2) is 0 Å². The van der Waals surface area contributed by atoms with Crippen LogP contribution in [0.3, 0.4) is 0 Å². The third kappa shape index (κ3) is 1.61. The average molecular weight is 211 g/mol. The molecule has 0 radical (unpaired) electrons. The molecule has 3 rings (SSSR count). The van der Waals surface area contributed by atoms with Crippen LogP contribution in [0.5, 0.6) is 0 Å². The van der Waals surface area contributed by atoms with Crippen LogP contribution in [-0.4, -0.2) is 46.5 Å². The SMILES string of the molecule is OC1CCC2CN([C@H]3CCC[C@@H]3O)CC12. The minimum absolute atomic E-state index is 0.0708. The molecule has 0 aromatic rings. The van der Waals surface area contributed by atoms with Crippen molar-refractivity contribution in [1.82, 2.24) is 4.90 Å². The first-order valence-electron chi connectivity index (χ1n) is 6.36. The third-order valence-corrected chi connectivity index (χ3v) is 4.76. The van der Waals surface area contributed by atoms with Crippen LogP contribution in [-0.2, 0) is 0 Å². The molecule has 3 aliphatic rings. The Morgan fingerprint density at radius 1 is 0.867 bits per heavy atom.